The zero-order valence-corrected chi connectivity index (χ0v) is 21.3. The Hall–Kier alpha value is -3.27. The van der Waals surface area contributed by atoms with Crippen LogP contribution in [0.15, 0.2) is 41.3 Å². The Morgan fingerprint density at radius 3 is 2.46 bits per heavy atom. The fraction of sp³-hybridized carbons (Fsp3) is 0.360. The van der Waals surface area contributed by atoms with Gasteiger partial charge < -0.3 is 29.4 Å². The zero-order valence-electron chi connectivity index (χ0n) is 20.4. The Morgan fingerprint density at radius 1 is 1.16 bits per heavy atom. The van der Waals surface area contributed by atoms with E-state index in [1.54, 1.807) is 12.0 Å². The number of pyridine rings is 1. The Bertz CT molecular complexity index is 1420. The molecule has 37 heavy (non-hydrogen) atoms. The van der Waals surface area contributed by atoms with Gasteiger partial charge in [-0.2, -0.15) is 0 Å². The zero-order chi connectivity index (χ0) is 26.4. The van der Waals surface area contributed by atoms with Crippen LogP contribution in [-0.4, -0.2) is 53.1 Å². The number of nitrogens with two attached hydrogens (primary N) is 1. The summed E-state index contributed by atoms with van der Waals surface area (Å²) >= 11 is 0. The summed E-state index contributed by atoms with van der Waals surface area (Å²) in [6, 6.07) is 8.88. The summed E-state index contributed by atoms with van der Waals surface area (Å²) in [5.74, 6) is -2.80. The molecule has 5 rings (SSSR count). The first kappa shape index (κ1) is 25.4. The molecule has 3 aromatic rings. The number of rotatable bonds is 7. The first-order chi connectivity index (χ1) is 17.7. The lowest BCUT2D eigenvalue weighted by Crippen LogP contribution is -2.50. The van der Waals surface area contributed by atoms with Crippen LogP contribution in [0.2, 0.25) is 0 Å². The van der Waals surface area contributed by atoms with Crippen LogP contribution in [0.25, 0.3) is 10.9 Å². The summed E-state index contributed by atoms with van der Waals surface area (Å²) in [6.45, 7) is 2.82. The van der Waals surface area contributed by atoms with Crippen molar-refractivity contribution in [1.29, 1.82) is 0 Å². The second-order valence-corrected chi connectivity index (χ2v) is 10.7. The molecule has 2 heterocycles. The smallest absolute Gasteiger partial charge is 0.341 e. The number of aromatic carboxylic acids is 1. The second-order valence-electron chi connectivity index (χ2n) is 9.21. The van der Waals surface area contributed by atoms with Gasteiger partial charge in [0.15, 0.2) is 11.6 Å². The molecule has 2 aromatic carbocycles. The number of anilines is 2. The molecule has 9 nitrogen and oxygen atoms in total. The molecule has 2 aliphatic rings. The molecule has 1 unspecified atom stereocenters. The van der Waals surface area contributed by atoms with Gasteiger partial charge in [-0.1, -0.05) is 18.2 Å². The molecule has 0 radical (unpaired) electrons. The van der Waals surface area contributed by atoms with Gasteiger partial charge in [-0.3, -0.25) is 4.79 Å². The summed E-state index contributed by atoms with van der Waals surface area (Å²) in [5.41, 5.74) is 3.46. The number of halogens is 2. The Balaban J connectivity index is 1.51. The van der Waals surface area contributed by atoms with Crippen molar-refractivity contribution >= 4 is 36.8 Å². The van der Waals surface area contributed by atoms with Gasteiger partial charge in [0.05, 0.1) is 16.6 Å². The molecule has 1 aliphatic heterocycles. The average molecular weight is 532 g/mol. The van der Waals surface area contributed by atoms with Crippen molar-refractivity contribution in [3.05, 3.63) is 63.9 Å². The number of hydrogen-bond donors (Lipinski definition) is 2. The number of benzene rings is 2. The number of piperazine rings is 1. The van der Waals surface area contributed by atoms with E-state index in [0.29, 0.717) is 25.1 Å². The summed E-state index contributed by atoms with van der Waals surface area (Å²) in [6.07, 6.45) is 2.53. The number of hydrogen-bond acceptors (Lipinski definition) is 7. The summed E-state index contributed by atoms with van der Waals surface area (Å²) in [5, 5.41) is 9.04. The molecule has 0 amide bonds. The van der Waals surface area contributed by atoms with Crippen LogP contribution < -0.4 is 20.6 Å². The van der Waals surface area contributed by atoms with Gasteiger partial charge in [-0.25, -0.2) is 18.2 Å². The van der Waals surface area contributed by atoms with E-state index in [9.17, 15) is 14.7 Å². The van der Waals surface area contributed by atoms with E-state index in [1.807, 2.05) is 41.9 Å². The van der Waals surface area contributed by atoms with Crippen LogP contribution in [0.5, 0.6) is 5.75 Å². The van der Waals surface area contributed by atoms with E-state index < -0.39 is 48.2 Å². The number of carboxylic acids is 1. The maximum Gasteiger partial charge on any atom is 0.341 e. The van der Waals surface area contributed by atoms with Gasteiger partial charge in [0.1, 0.15) is 17.0 Å². The highest BCUT2D eigenvalue weighted by Gasteiger charge is 2.37. The minimum atomic E-state index is -1.47. The van der Waals surface area contributed by atoms with Gasteiger partial charge in [-0.15, -0.1) is 0 Å². The first-order valence-corrected chi connectivity index (χ1v) is 13.0. The first-order valence-electron chi connectivity index (χ1n) is 11.9. The molecule has 2 fully saturated rings. The Morgan fingerprint density at radius 2 is 1.86 bits per heavy atom. The van der Waals surface area contributed by atoms with Crippen molar-refractivity contribution in [1.82, 2.24) is 9.24 Å². The number of para-hydroxylation sites is 1. The predicted octanol–water partition coefficient (Wildman–Crippen LogP) is 4.36. The Labute approximate surface area is 213 Å². The molecule has 196 valence electrons. The van der Waals surface area contributed by atoms with Gasteiger partial charge in [-0.05, 0) is 31.9 Å². The van der Waals surface area contributed by atoms with E-state index in [2.05, 4.69) is 0 Å². The molecule has 1 saturated carbocycles. The lowest BCUT2D eigenvalue weighted by atomic mass is 10.1. The second kappa shape index (κ2) is 9.89. The fourth-order valence-electron chi connectivity index (χ4n) is 4.78. The van der Waals surface area contributed by atoms with E-state index in [4.69, 9.17) is 14.8 Å². The molecule has 2 atom stereocenters. The van der Waals surface area contributed by atoms with Crippen LogP contribution in [0.4, 0.5) is 20.2 Å². The van der Waals surface area contributed by atoms with Gasteiger partial charge in [0, 0.05) is 45.0 Å². The van der Waals surface area contributed by atoms with Crippen LogP contribution in [0.3, 0.4) is 0 Å². The van der Waals surface area contributed by atoms with Gasteiger partial charge >= 0.3 is 14.5 Å². The average Bonchev–Trinajstić information content (AvgIpc) is 3.72. The van der Waals surface area contributed by atoms with Crippen molar-refractivity contribution in [2.75, 3.05) is 37.4 Å². The quantitative estimate of drug-likeness (QED) is 0.341. The number of carbonyl (C=O) groups is 1. The van der Waals surface area contributed by atoms with Crippen LogP contribution in [-0.2, 0) is 4.52 Å². The highest BCUT2D eigenvalue weighted by Crippen LogP contribution is 2.46. The molecule has 12 heteroatoms. The van der Waals surface area contributed by atoms with Crippen molar-refractivity contribution < 1.29 is 27.7 Å². The normalized spacial score (nSPS) is 19.2. The molecule has 1 aromatic heterocycles. The van der Waals surface area contributed by atoms with Crippen LogP contribution in [0.1, 0.15) is 36.2 Å². The number of nitrogens with zero attached hydrogens (tertiary/aromatic N) is 3. The topological polar surface area (TPSA) is 110 Å². The number of carboxylic acid groups (broad SMARTS) is 1. The van der Waals surface area contributed by atoms with E-state index in [-0.39, 0.29) is 36.4 Å². The lowest BCUT2D eigenvalue weighted by Gasteiger charge is -2.42. The standard InChI is InChI=1S/C25H27F2N4O5P/c1-14-12-29(10-11-31(14)37(35-2)36-16-6-4-3-5-7-16)23-19(26)21(28)18-22(20(23)27)30(15-8-9-15)13-17(24(18)32)25(33)34/h3-7,13-15H,8-12,28H2,1-2H3,(H,33,34)/t14-,37?/m0/s1. The number of nitrogen functional groups attached to an aromatic ring is 1. The third-order valence-electron chi connectivity index (χ3n) is 6.74. The van der Waals surface area contributed by atoms with Crippen LogP contribution in [0, 0.1) is 11.6 Å². The maximum absolute atomic E-state index is 16.1. The molecular weight excluding hydrogens is 505 g/mol. The third-order valence-corrected chi connectivity index (χ3v) is 8.43. The predicted molar refractivity (Wildman–Crippen MR) is 137 cm³/mol. The highest BCUT2D eigenvalue weighted by molar-refractivity contribution is 7.45. The molecular formula is C25H27F2N4O5P. The number of fused-ring (bicyclic) bond motifs is 1. The molecule has 1 aliphatic carbocycles. The molecule has 0 bridgehead atoms. The third kappa shape index (κ3) is 4.52. The maximum atomic E-state index is 16.1. The minimum absolute atomic E-state index is 0.159. The Kier molecular flexibility index (Phi) is 6.78. The minimum Gasteiger partial charge on any atom is -0.477 e. The lowest BCUT2D eigenvalue weighted by molar-refractivity contribution is 0.0694. The largest absolute Gasteiger partial charge is 0.477 e. The van der Waals surface area contributed by atoms with Crippen molar-refractivity contribution in [3.8, 4) is 5.75 Å². The van der Waals surface area contributed by atoms with E-state index in [1.165, 1.54) is 4.57 Å². The SMILES string of the molecule is COP(Oc1ccccc1)N1CCN(c2c(F)c(N)c3c(=O)c(C(=O)O)cn(C4CC4)c3c2F)C[C@@H]1C. The van der Waals surface area contributed by atoms with Crippen molar-refractivity contribution in [2.24, 2.45) is 0 Å². The van der Waals surface area contributed by atoms with Crippen molar-refractivity contribution in [3.63, 3.8) is 0 Å². The van der Waals surface area contributed by atoms with Gasteiger partial charge in [0.2, 0.25) is 5.43 Å². The van der Waals surface area contributed by atoms with E-state index >= 15 is 8.78 Å². The molecule has 1 saturated heterocycles. The monoisotopic (exact) mass is 532 g/mol. The summed E-state index contributed by atoms with van der Waals surface area (Å²) < 4.78 is 46.8. The highest BCUT2D eigenvalue weighted by atomic mass is 31.2. The number of aromatic nitrogens is 1. The molecule has 3 N–H and O–H groups in total. The summed E-state index contributed by atoms with van der Waals surface area (Å²) in [4.78, 5) is 26.1. The summed E-state index contributed by atoms with van der Waals surface area (Å²) in [7, 11) is 0.0988. The molecule has 0 spiro atoms. The van der Waals surface area contributed by atoms with Crippen molar-refractivity contribution in [2.45, 2.75) is 31.8 Å². The van der Waals surface area contributed by atoms with E-state index in [0.717, 1.165) is 6.20 Å². The van der Waals surface area contributed by atoms with Gasteiger partial charge in [0.25, 0.3) is 0 Å². The van der Waals surface area contributed by atoms with Crippen LogP contribution >= 0.6 is 8.53 Å². The fourth-order valence-corrected chi connectivity index (χ4v) is 6.12.